The summed E-state index contributed by atoms with van der Waals surface area (Å²) in [5.41, 5.74) is 1.18. The Hall–Kier alpha value is -1.89. The van der Waals surface area contributed by atoms with Crippen LogP contribution in [0.3, 0.4) is 0 Å². The summed E-state index contributed by atoms with van der Waals surface area (Å²) >= 11 is 5.87. The first-order valence-electron chi connectivity index (χ1n) is 10.1. The Bertz CT molecular complexity index is 955. The standard InChI is InChI=1S/C22H25ClN2O3S/c23-19-8-10-20(11-9-19)29(27,28)24-15-12-18(13-16-24)22(26)25-14-4-7-21(25)17-5-2-1-3-6-17/h1-3,5-6,8-11,18,21H,4,7,12-16H2/t21-/m0/s1. The Morgan fingerprint density at radius 2 is 1.55 bits per heavy atom. The van der Waals surface area contributed by atoms with Gasteiger partial charge in [0.2, 0.25) is 15.9 Å². The van der Waals surface area contributed by atoms with Crippen LogP contribution in [0.4, 0.5) is 0 Å². The molecule has 154 valence electrons. The van der Waals surface area contributed by atoms with Crippen LogP contribution in [-0.4, -0.2) is 43.2 Å². The lowest BCUT2D eigenvalue weighted by Gasteiger charge is -2.34. The fraction of sp³-hybridized carbons (Fsp3) is 0.409. The number of likely N-dealkylation sites (tertiary alicyclic amines) is 1. The van der Waals surface area contributed by atoms with Crippen molar-refractivity contribution in [2.75, 3.05) is 19.6 Å². The maximum absolute atomic E-state index is 13.2. The van der Waals surface area contributed by atoms with Gasteiger partial charge in [-0.1, -0.05) is 41.9 Å². The second kappa shape index (κ2) is 8.46. The molecule has 0 N–H and O–H groups in total. The van der Waals surface area contributed by atoms with Crippen LogP contribution in [0.5, 0.6) is 0 Å². The first-order valence-corrected chi connectivity index (χ1v) is 11.9. The van der Waals surface area contributed by atoms with Gasteiger partial charge in [0, 0.05) is 30.6 Å². The summed E-state index contributed by atoms with van der Waals surface area (Å²) in [5, 5.41) is 0.506. The number of hydrogen-bond donors (Lipinski definition) is 0. The minimum absolute atomic E-state index is 0.115. The van der Waals surface area contributed by atoms with Gasteiger partial charge in [-0.15, -0.1) is 0 Å². The Labute approximate surface area is 177 Å². The molecule has 0 bridgehead atoms. The number of amides is 1. The number of sulfonamides is 1. The number of halogens is 1. The van der Waals surface area contributed by atoms with Gasteiger partial charge >= 0.3 is 0 Å². The number of carbonyl (C=O) groups is 1. The molecular formula is C22H25ClN2O3S. The van der Waals surface area contributed by atoms with Crippen molar-refractivity contribution in [3.05, 3.63) is 65.2 Å². The van der Waals surface area contributed by atoms with Crippen molar-refractivity contribution in [2.45, 2.75) is 36.6 Å². The lowest BCUT2D eigenvalue weighted by Crippen LogP contribution is -2.44. The molecule has 4 rings (SSSR count). The van der Waals surface area contributed by atoms with Gasteiger partial charge in [-0.2, -0.15) is 4.31 Å². The maximum Gasteiger partial charge on any atom is 0.243 e. The van der Waals surface area contributed by atoms with Gasteiger partial charge in [0.25, 0.3) is 0 Å². The van der Waals surface area contributed by atoms with Crippen LogP contribution in [0.25, 0.3) is 0 Å². The van der Waals surface area contributed by atoms with E-state index in [-0.39, 0.29) is 22.8 Å². The average molecular weight is 433 g/mol. The number of carbonyl (C=O) groups excluding carboxylic acids is 1. The predicted molar refractivity (Wildman–Crippen MR) is 113 cm³/mol. The molecule has 5 nitrogen and oxygen atoms in total. The zero-order valence-corrected chi connectivity index (χ0v) is 17.8. The summed E-state index contributed by atoms with van der Waals surface area (Å²) in [6, 6.07) is 16.5. The van der Waals surface area contributed by atoms with Crippen LogP contribution >= 0.6 is 11.6 Å². The molecule has 2 fully saturated rings. The van der Waals surface area contributed by atoms with Crippen molar-refractivity contribution in [3.8, 4) is 0 Å². The zero-order valence-electron chi connectivity index (χ0n) is 16.2. The van der Waals surface area contributed by atoms with Crippen LogP contribution in [0.2, 0.25) is 5.02 Å². The smallest absolute Gasteiger partial charge is 0.243 e. The number of benzene rings is 2. The van der Waals surface area contributed by atoms with Crippen molar-refractivity contribution in [1.82, 2.24) is 9.21 Å². The van der Waals surface area contributed by atoms with E-state index >= 15 is 0 Å². The third kappa shape index (κ3) is 4.20. The molecular weight excluding hydrogens is 408 g/mol. The summed E-state index contributed by atoms with van der Waals surface area (Å²) in [5.74, 6) is 0.0517. The number of hydrogen-bond acceptors (Lipinski definition) is 3. The summed E-state index contributed by atoms with van der Waals surface area (Å²) in [4.78, 5) is 15.4. The maximum atomic E-state index is 13.2. The third-order valence-corrected chi connectivity index (χ3v) is 8.14. The molecule has 2 aromatic carbocycles. The first-order chi connectivity index (χ1) is 14.0. The van der Waals surface area contributed by atoms with Gasteiger partial charge in [0.05, 0.1) is 10.9 Å². The Morgan fingerprint density at radius 3 is 2.21 bits per heavy atom. The van der Waals surface area contributed by atoms with E-state index in [2.05, 4.69) is 12.1 Å². The van der Waals surface area contributed by atoms with Gasteiger partial charge in [-0.3, -0.25) is 4.79 Å². The van der Waals surface area contributed by atoms with Crippen LogP contribution in [0.1, 0.15) is 37.3 Å². The summed E-state index contributed by atoms with van der Waals surface area (Å²) in [6.07, 6.45) is 3.11. The average Bonchev–Trinajstić information content (AvgIpc) is 3.24. The van der Waals surface area contributed by atoms with Crippen LogP contribution < -0.4 is 0 Å². The van der Waals surface area contributed by atoms with E-state index in [9.17, 15) is 13.2 Å². The second-order valence-corrected chi connectivity index (χ2v) is 10.1. The molecule has 7 heteroatoms. The molecule has 2 aromatic rings. The van der Waals surface area contributed by atoms with E-state index in [1.165, 1.54) is 22.0 Å². The quantitative estimate of drug-likeness (QED) is 0.730. The molecule has 1 atom stereocenters. The van der Waals surface area contributed by atoms with Crippen LogP contribution in [0, 0.1) is 5.92 Å². The predicted octanol–water partition coefficient (Wildman–Crippen LogP) is 4.10. The Kier molecular flexibility index (Phi) is 5.95. The van der Waals surface area contributed by atoms with E-state index in [0.29, 0.717) is 31.0 Å². The number of nitrogens with zero attached hydrogens (tertiary/aromatic N) is 2. The van der Waals surface area contributed by atoms with Crippen molar-refractivity contribution in [3.63, 3.8) is 0 Å². The van der Waals surface area contributed by atoms with E-state index in [0.717, 1.165) is 19.4 Å². The van der Waals surface area contributed by atoms with E-state index in [1.54, 1.807) is 12.1 Å². The first kappa shape index (κ1) is 20.4. The van der Waals surface area contributed by atoms with Crippen molar-refractivity contribution in [1.29, 1.82) is 0 Å². The highest BCUT2D eigenvalue weighted by Gasteiger charge is 2.37. The molecule has 2 aliphatic rings. The van der Waals surface area contributed by atoms with Gasteiger partial charge in [0.15, 0.2) is 0 Å². The highest BCUT2D eigenvalue weighted by atomic mass is 35.5. The van der Waals surface area contributed by atoms with Crippen LogP contribution in [0.15, 0.2) is 59.5 Å². The monoisotopic (exact) mass is 432 g/mol. The molecule has 2 heterocycles. The largest absolute Gasteiger partial charge is 0.335 e. The lowest BCUT2D eigenvalue weighted by molar-refractivity contribution is -0.137. The molecule has 2 aliphatic heterocycles. The molecule has 1 amide bonds. The van der Waals surface area contributed by atoms with Crippen molar-refractivity contribution < 1.29 is 13.2 Å². The molecule has 0 radical (unpaired) electrons. The molecule has 0 spiro atoms. The van der Waals surface area contributed by atoms with E-state index in [1.807, 2.05) is 23.1 Å². The number of rotatable bonds is 4. The molecule has 29 heavy (non-hydrogen) atoms. The fourth-order valence-electron chi connectivity index (χ4n) is 4.39. The molecule has 0 unspecified atom stereocenters. The van der Waals surface area contributed by atoms with Gasteiger partial charge in [-0.25, -0.2) is 8.42 Å². The topological polar surface area (TPSA) is 57.7 Å². The lowest BCUT2D eigenvalue weighted by atomic mass is 9.95. The summed E-state index contributed by atoms with van der Waals surface area (Å²) in [6.45, 7) is 1.51. The zero-order chi connectivity index (χ0) is 20.4. The van der Waals surface area contributed by atoms with Crippen molar-refractivity contribution in [2.24, 2.45) is 5.92 Å². The minimum Gasteiger partial charge on any atom is -0.335 e. The van der Waals surface area contributed by atoms with Crippen molar-refractivity contribution >= 4 is 27.5 Å². The van der Waals surface area contributed by atoms with Gasteiger partial charge < -0.3 is 4.90 Å². The highest BCUT2D eigenvalue weighted by Crippen LogP contribution is 2.35. The van der Waals surface area contributed by atoms with Crippen LogP contribution in [-0.2, 0) is 14.8 Å². The molecule has 0 aromatic heterocycles. The molecule has 0 saturated carbocycles. The van der Waals surface area contributed by atoms with E-state index < -0.39 is 10.0 Å². The normalized spacial score (nSPS) is 21.4. The SMILES string of the molecule is O=C(C1CCN(S(=O)(=O)c2ccc(Cl)cc2)CC1)N1CCC[C@H]1c1ccccc1. The Morgan fingerprint density at radius 1 is 0.897 bits per heavy atom. The minimum atomic E-state index is -3.55. The highest BCUT2D eigenvalue weighted by molar-refractivity contribution is 7.89. The van der Waals surface area contributed by atoms with Gasteiger partial charge in [0.1, 0.15) is 0 Å². The fourth-order valence-corrected chi connectivity index (χ4v) is 5.98. The molecule has 0 aliphatic carbocycles. The molecule has 2 saturated heterocycles. The van der Waals surface area contributed by atoms with Gasteiger partial charge in [-0.05, 0) is 55.5 Å². The van der Waals surface area contributed by atoms with E-state index in [4.69, 9.17) is 11.6 Å². The second-order valence-electron chi connectivity index (χ2n) is 7.73. The summed E-state index contributed by atoms with van der Waals surface area (Å²) in [7, 11) is -3.55. The Balaban J connectivity index is 1.41. The summed E-state index contributed by atoms with van der Waals surface area (Å²) < 4.78 is 27.2. The number of piperidine rings is 1. The third-order valence-electron chi connectivity index (χ3n) is 5.97.